The van der Waals surface area contributed by atoms with Crippen LogP contribution in [0.4, 0.5) is 5.69 Å². The first-order chi connectivity index (χ1) is 8.95. The molecule has 104 valence electrons. The molecule has 3 heteroatoms. The van der Waals surface area contributed by atoms with Gasteiger partial charge in [0.2, 0.25) is 5.91 Å². The highest BCUT2D eigenvalue weighted by Crippen LogP contribution is 2.29. The summed E-state index contributed by atoms with van der Waals surface area (Å²) in [5, 5.41) is 0. The molecule has 0 fully saturated rings. The summed E-state index contributed by atoms with van der Waals surface area (Å²) in [4.78, 5) is 14.3. The zero-order chi connectivity index (χ0) is 14.0. The van der Waals surface area contributed by atoms with Crippen molar-refractivity contribution >= 4 is 11.6 Å². The molecule has 0 atom stereocenters. The number of nitrogens with zero attached hydrogens (tertiary/aromatic N) is 1. The molecule has 0 bridgehead atoms. The zero-order valence-corrected chi connectivity index (χ0v) is 12.2. The van der Waals surface area contributed by atoms with Crippen molar-refractivity contribution in [3.63, 3.8) is 0 Å². The van der Waals surface area contributed by atoms with Crippen molar-refractivity contribution in [2.45, 2.75) is 39.5 Å². The molecule has 0 saturated heterocycles. The summed E-state index contributed by atoms with van der Waals surface area (Å²) in [5.74, 6) is 0.135. The SMILES string of the molecule is CN(C(=O)C(C)(C)CCN)c1ccc2c(c1)CCC2. The number of aryl methyl sites for hydroxylation is 2. The van der Waals surface area contributed by atoms with E-state index in [-0.39, 0.29) is 5.91 Å². The average Bonchev–Trinajstić information content (AvgIpc) is 2.84. The Labute approximate surface area is 115 Å². The predicted molar refractivity (Wildman–Crippen MR) is 79.3 cm³/mol. The summed E-state index contributed by atoms with van der Waals surface area (Å²) in [6, 6.07) is 6.39. The van der Waals surface area contributed by atoms with Crippen LogP contribution >= 0.6 is 0 Å². The van der Waals surface area contributed by atoms with E-state index in [1.165, 1.54) is 24.0 Å². The van der Waals surface area contributed by atoms with Crippen LogP contribution in [0.1, 0.15) is 37.8 Å². The Kier molecular flexibility index (Phi) is 3.95. The van der Waals surface area contributed by atoms with E-state index in [2.05, 4.69) is 18.2 Å². The molecule has 1 aromatic carbocycles. The Balaban J connectivity index is 2.20. The van der Waals surface area contributed by atoms with Gasteiger partial charge in [0, 0.05) is 18.2 Å². The molecular formula is C16H24N2O. The molecule has 0 unspecified atom stereocenters. The van der Waals surface area contributed by atoms with Crippen molar-refractivity contribution in [2.24, 2.45) is 11.1 Å². The lowest BCUT2D eigenvalue weighted by atomic mass is 9.87. The number of rotatable bonds is 4. The number of carbonyl (C=O) groups excluding carboxylic acids is 1. The van der Waals surface area contributed by atoms with Crippen molar-refractivity contribution < 1.29 is 4.79 Å². The Morgan fingerprint density at radius 3 is 2.68 bits per heavy atom. The normalized spacial score (nSPS) is 14.3. The van der Waals surface area contributed by atoms with Crippen LogP contribution in [0.25, 0.3) is 0 Å². The average molecular weight is 260 g/mol. The van der Waals surface area contributed by atoms with E-state index in [9.17, 15) is 4.79 Å². The fourth-order valence-corrected chi connectivity index (χ4v) is 2.81. The highest BCUT2D eigenvalue weighted by atomic mass is 16.2. The molecule has 3 nitrogen and oxygen atoms in total. The smallest absolute Gasteiger partial charge is 0.232 e. The van der Waals surface area contributed by atoms with Gasteiger partial charge in [-0.2, -0.15) is 0 Å². The van der Waals surface area contributed by atoms with Crippen molar-refractivity contribution in [2.75, 3.05) is 18.5 Å². The molecule has 0 spiro atoms. The number of carbonyl (C=O) groups is 1. The molecule has 2 N–H and O–H groups in total. The number of fused-ring (bicyclic) bond motifs is 1. The van der Waals surface area contributed by atoms with Crippen molar-refractivity contribution in [3.05, 3.63) is 29.3 Å². The van der Waals surface area contributed by atoms with Gasteiger partial charge in [-0.05, 0) is 55.5 Å². The minimum absolute atomic E-state index is 0.135. The van der Waals surface area contributed by atoms with Crippen molar-refractivity contribution in [1.82, 2.24) is 0 Å². The van der Waals surface area contributed by atoms with Crippen LogP contribution < -0.4 is 10.6 Å². The minimum Gasteiger partial charge on any atom is -0.330 e. The lowest BCUT2D eigenvalue weighted by molar-refractivity contribution is -0.126. The van der Waals surface area contributed by atoms with E-state index < -0.39 is 5.41 Å². The van der Waals surface area contributed by atoms with Crippen LogP contribution in [0.2, 0.25) is 0 Å². The third-order valence-electron chi connectivity index (χ3n) is 4.12. The molecule has 0 aliphatic heterocycles. The van der Waals surface area contributed by atoms with Gasteiger partial charge < -0.3 is 10.6 Å². The first-order valence-corrected chi connectivity index (χ1v) is 7.06. The highest BCUT2D eigenvalue weighted by Gasteiger charge is 2.30. The van der Waals surface area contributed by atoms with Crippen LogP contribution in [-0.4, -0.2) is 19.5 Å². The third-order valence-corrected chi connectivity index (χ3v) is 4.12. The largest absolute Gasteiger partial charge is 0.330 e. The maximum Gasteiger partial charge on any atom is 0.232 e. The van der Waals surface area contributed by atoms with E-state index >= 15 is 0 Å². The summed E-state index contributed by atoms with van der Waals surface area (Å²) < 4.78 is 0. The van der Waals surface area contributed by atoms with Gasteiger partial charge >= 0.3 is 0 Å². The Morgan fingerprint density at radius 2 is 2.00 bits per heavy atom. The summed E-state index contributed by atoms with van der Waals surface area (Å²) >= 11 is 0. The summed E-state index contributed by atoms with van der Waals surface area (Å²) in [7, 11) is 1.86. The molecule has 1 amide bonds. The van der Waals surface area contributed by atoms with Gasteiger partial charge in [-0.3, -0.25) is 4.79 Å². The van der Waals surface area contributed by atoms with Gasteiger partial charge in [0.05, 0.1) is 0 Å². The summed E-state index contributed by atoms with van der Waals surface area (Å²) in [6.07, 6.45) is 4.25. The van der Waals surface area contributed by atoms with Crippen LogP contribution in [-0.2, 0) is 17.6 Å². The van der Waals surface area contributed by atoms with Gasteiger partial charge in [0.25, 0.3) is 0 Å². The molecule has 0 saturated carbocycles. The van der Waals surface area contributed by atoms with Crippen LogP contribution in [0.15, 0.2) is 18.2 Å². The number of anilines is 1. The van der Waals surface area contributed by atoms with Crippen molar-refractivity contribution in [3.8, 4) is 0 Å². The Bertz CT molecular complexity index is 480. The zero-order valence-electron chi connectivity index (χ0n) is 12.2. The van der Waals surface area contributed by atoms with Gasteiger partial charge in [-0.25, -0.2) is 0 Å². The number of nitrogens with two attached hydrogens (primary N) is 1. The molecule has 1 aromatic rings. The van der Waals surface area contributed by atoms with E-state index in [0.717, 1.165) is 12.1 Å². The summed E-state index contributed by atoms with van der Waals surface area (Å²) in [6.45, 7) is 4.47. The fourth-order valence-electron chi connectivity index (χ4n) is 2.81. The van der Waals surface area contributed by atoms with E-state index in [4.69, 9.17) is 5.73 Å². The molecule has 2 rings (SSSR count). The molecule has 0 aromatic heterocycles. The monoisotopic (exact) mass is 260 g/mol. The maximum absolute atomic E-state index is 12.5. The van der Waals surface area contributed by atoms with E-state index in [1.54, 1.807) is 4.90 Å². The number of benzene rings is 1. The standard InChI is InChI=1S/C16H24N2O/c1-16(2,9-10-17)15(19)18(3)14-8-7-12-5-4-6-13(12)11-14/h7-8,11H,4-6,9-10,17H2,1-3H3. The molecule has 1 aliphatic rings. The topological polar surface area (TPSA) is 46.3 Å². The quantitative estimate of drug-likeness (QED) is 0.904. The second-order valence-electron chi connectivity index (χ2n) is 6.09. The molecule has 19 heavy (non-hydrogen) atoms. The van der Waals surface area contributed by atoms with Gasteiger partial charge in [-0.1, -0.05) is 19.9 Å². The minimum atomic E-state index is -0.400. The van der Waals surface area contributed by atoms with E-state index in [1.807, 2.05) is 20.9 Å². The molecular weight excluding hydrogens is 236 g/mol. The second kappa shape index (κ2) is 5.33. The van der Waals surface area contributed by atoms with Gasteiger partial charge in [0.15, 0.2) is 0 Å². The summed E-state index contributed by atoms with van der Waals surface area (Å²) in [5.41, 5.74) is 9.02. The van der Waals surface area contributed by atoms with Crippen LogP contribution in [0.3, 0.4) is 0 Å². The van der Waals surface area contributed by atoms with E-state index in [0.29, 0.717) is 13.0 Å². The van der Waals surface area contributed by atoms with Crippen LogP contribution in [0, 0.1) is 5.41 Å². The number of hydrogen-bond donors (Lipinski definition) is 1. The Morgan fingerprint density at radius 1 is 1.32 bits per heavy atom. The first-order valence-electron chi connectivity index (χ1n) is 7.06. The van der Waals surface area contributed by atoms with Crippen molar-refractivity contribution in [1.29, 1.82) is 0 Å². The number of amides is 1. The third kappa shape index (κ3) is 2.81. The second-order valence-corrected chi connectivity index (χ2v) is 6.09. The number of hydrogen-bond acceptors (Lipinski definition) is 2. The lowest BCUT2D eigenvalue weighted by Crippen LogP contribution is -2.39. The lowest BCUT2D eigenvalue weighted by Gasteiger charge is -2.29. The highest BCUT2D eigenvalue weighted by molar-refractivity contribution is 5.96. The molecule has 0 radical (unpaired) electrons. The fraction of sp³-hybridized carbons (Fsp3) is 0.562. The predicted octanol–water partition coefficient (Wildman–Crippen LogP) is 2.51. The first kappa shape index (κ1) is 14.1. The molecule has 1 aliphatic carbocycles. The Hall–Kier alpha value is -1.35. The molecule has 0 heterocycles. The van der Waals surface area contributed by atoms with Crippen LogP contribution in [0.5, 0.6) is 0 Å². The van der Waals surface area contributed by atoms with Gasteiger partial charge in [0.1, 0.15) is 0 Å². The maximum atomic E-state index is 12.5. The van der Waals surface area contributed by atoms with Gasteiger partial charge in [-0.15, -0.1) is 0 Å².